The van der Waals surface area contributed by atoms with Crippen LogP contribution in [-0.4, -0.2) is 0 Å². The number of rotatable bonds is 2. The van der Waals surface area contributed by atoms with E-state index in [0.717, 1.165) is 35.0 Å². The second kappa shape index (κ2) is 3.81. The van der Waals surface area contributed by atoms with Gasteiger partial charge in [-0.25, -0.2) is 0 Å². The lowest BCUT2D eigenvalue weighted by atomic mass is 10.0. The number of nitrogens with two attached hydrogens (primary N) is 2. The van der Waals surface area contributed by atoms with Gasteiger partial charge >= 0.3 is 0 Å². The molecule has 0 amide bonds. The molecule has 0 fully saturated rings. The van der Waals surface area contributed by atoms with Crippen LogP contribution in [0.4, 0.5) is 11.4 Å². The number of benzene rings is 2. The van der Waals surface area contributed by atoms with Gasteiger partial charge < -0.3 is 11.5 Å². The zero-order valence-electron chi connectivity index (χ0n) is 8.96. The molecule has 4 N–H and O–H groups in total. The highest BCUT2D eigenvalue weighted by Crippen LogP contribution is 2.26. The number of aryl methyl sites for hydroxylation is 1. The van der Waals surface area contributed by atoms with E-state index in [1.165, 1.54) is 5.56 Å². The van der Waals surface area contributed by atoms with Crippen molar-refractivity contribution in [3.63, 3.8) is 0 Å². The molecule has 0 spiro atoms. The summed E-state index contributed by atoms with van der Waals surface area (Å²) in [6.07, 6.45) is 2.11. The number of fused-ring (bicyclic) bond motifs is 1. The highest BCUT2D eigenvalue weighted by Gasteiger charge is 2.03. The van der Waals surface area contributed by atoms with Gasteiger partial charge in [-0.3, -0.25) is 0 Å². The van der Waals surface area contributed by atoms with Crippen molar-refractivity contribution in [3.8, 4) is 0 Å². The monoisotopic (exact) mass is 200 g/mol. The molecule has 2 aromatic rings. The van der Waals surface area contributed by atoms with Crippen LogP contribution in [0.25, 0.3) is 10.8 Å². The van der Waals surface area contributed by atoms with E-state index >= 15 is 0 Å². The van der Waals surface area contributed by atoms with Crippen LogP contribution >= 0.6 is 0 Å². The SMILES string of the molecule is CCCc1cc2c(N)cccc2cc1N. The van der Waals surface area contributed by atoms with Crippen LogP contribution in [0, 0.1) is 0 Å². The average Bonchev–Trinajstić information content (AvgIpc) is 2.21. The van der Waals surface area contributed by atoms with Crippen molar-refractivity contribution in [2.45, 2.75) is 19.8 Å². The summed E-state index contributed by atoms with van der Waals surface area (Å²) >= 11 is 0. The summed E-state index contributed by atoms with van der Waals surface area (Å²) in [5.74, 6) is 0. The van der Waals surface area contributed by atoms with E-state index in [-0.39, 0.29) is 0 Å². The molecule has 0 heterocycles. The van der Waals surface area contributed by atoms with Gasteiger partial charge in [0.15, 0.2) is 0 Å². The van der Waals surface area contributed by atoms with E-state index in [2.05, 4.69) is 13.0 Å². The summed E-state index contributed by atoms with van der Waals surface area (Å²) in [4.78, 5) is 0. The Bertz CT molecular complexity index is 489. The predicted octanol–water partition coefficient (Wildman–Crippen LogP) is 2.96. The Morgan fingerprint density at radius 3 is 2.60 bits per heavy atom. The van der Waals surface area contributed by atoms with E-state index in [9.17, 15) is 0 Å². The number of hydrogen-bond acceptors (Lipinski definition) is 2. The molecular formula is C13H16N2. The Morgan fingerprint density at radius 1 is 1.07 bits per heavy atom. The lowest BCUT2D eigenvalue weighted by Crippen LogP contribution is -1.95. The van der Waals surface area contributed by atoms with Gasteiger partial charge in [0.25, 0.3) is 0 Å². The second-order valence-corrected chi connectivity index (χ2v) is 3.87. The fraction of sp³-hybridized carbons (Fsp3) is 0.231. The number of nitrogen functional groups attached to an aromatic ring is 2. The normalized spacial score (nSPS) is 10.7. The summed E-state index contributed by atoms with van der Waals surface area (Å²) in [5, 5.41) is 2.22. The van der Waals surface area contributed by atoms with Gasteiger partial charge in [-0.2, -0.15) is 0 Å². The first kappa shape index (κ1) is 9.84. The zero-order chi connectivity index (χ0) is 10.8. The van der Waals surface area contributed by atoms with Gasteiger partial charge in [0.1, 0.15) is 0 Å². The molecule has 0 aromatic heterocycles. The number of anilines is 2. The first-order chi connectivity index (χ1) is 7.22. The van der Waals surface area contributed by atoms with E-state index in [1.54, 1.807) is 0 Å². The van der Waals surface area contributed by atoms with Gasteiger partial charge in [-0.05, 0) is 35.6 Å². The molecule has 78 valence electrons. The van der Waals surface area contributed by atoms with Crippen LogP contribution in [0.3, 0.4) is 0 Å². The molecule has 0 aliphatic heterocycles. The van der Waals surface area contributed by atoms with Gasteiger partial charge in [0, 0.05) is 16.8 Å². The Hall–Kier alpha value is -1.70. The van der Waals surface area contributed by atoms with Crippen molar-refractivity contribution in [1.29, 1.82) is 0 Å². The largest absolute Gasteiger partial charge is 0.398 e. The highest BCUT2D eigenvalue weighted by molar-refractivity contribution is 5.95. The summed E-state index contributed by atoms with van der Waals surface area (Å²) < 4.78 is 0. The van der Waals surface area contributed by atoms with Crippen LogP contribution in [0.2, 0.25) is 0 Å². The van der Waals surface area contributed by atoms with Crippen LogP contribution < -0.4 is 11.5 Å². The molecule has 0 bridgehead atoms. The Labute approximate surface area is 89.9 Å². The maximum Gasteiger partial charge on any atom is 0.0393 e. The Kier molecular flexibility index (Phi) is 2.50. The fourth-order valence-electron chi connectivity index (χ4n) is 1.90. The van der Waals surface area contributed by atoms with Crippen LogP contribution in [0.1, 0.15) is 18.9 Å². The second-order valence-electron chi connectivity index (χ2n) is 3.87. The van der Waals surface area contributed by atoms with Crippen molar-refractivity contribution in [3.05, 3.63) is 35.9 Å². The molecular weight excluding hydrogens is 184 g/mol. The molecule has 2 aromatic carbocycles. The van der Waals surface area contributed by atoms with Gasteiger partial charge in [-0.1, -0.05) is 25.5 Å². The molecule has 0 aliphatic rings. The minimum Gasteiger partial charge on any atom is -0.398 e. The summed E-state index contributed by atoms with van der Waals surface area (Å²) in [6, 6.07) is 10.0. The fourth-order valence-corrected chi connectivity index (χ4v) is 1.90. The van der Waals surface area contributed by atoms with E-state index in [4.69, 9.17) is 11.5 Å². The topological polar surface area (TPSA) is 52.0 Å². The molecule has 0 radical (unpaired) electrons. The summed E-state index contributed by atoms with van der Waals surface area (Å²) in [7, 11) is 0. The average molecular weight is 200 g/mol. The van der Waals surface area contributed by atoms with Crippen molar-refractivity contribution in [2.75, 3.05) is 11.5 Å². The molecule has 2 rings (SSSR count). The minimum absolute atomic E-state index is 0.824. The summed E-state index contributed by atoms with van der Waals surface area (Å²) in [6.45, 7) is 2.15. The molecule has 0 unspecified atom stereocenters. The van der Waals surface area contributed by atoms with Crippen molar-refractivity contribution >= 4 is 22.1 Å². The molecule has 15 heavy (non-hydrogen) atoms. The Balaban J connectivity index is 2.66. The van der Waals surface area contributed by atoms with Crippen LogP contribution in [-0.2, 0) is 6.42 Å². The van der Waals surface area contributed by atoms with Crippen molar-refractivity contribution in [1.82, 2.24) is 0 Å². The molecule has 0 aliphatic carbocycles. The molecule has 0 atom stereocenters. The van der Waals surface area contributed by atoms with Gasteiger partial charge in [-0.15, -0.1) is 0 Å². The molecule has 0 saturated heterocycles. The standard InChI is InChI=1S/C13H16N2/c1-2-4-10-7-11-9(8-13(10)15)5-3-6-12(11)14/h3,5-8H,2,4,14-15H2,1H3. The van der Waals surface area contributed by atoms with Crippen LogP contribution in [0.15, 0.2) is 30.3 Å². The Morgan fingerprint density at radius 2 is 1.87 bits per heavy atom. The van der Waals surface area contributed by atoms with E-state index < -0.39 is 0 Å². The third-order valence-corrected chi connectivity index (χ3v) is 2.69. The highest BCUT2D eigenvalue weighted by atomic mass is 14.6. The minimum atomic E-state index is 0.824. The molecule has 2 heteroatoms. The van der Waals surface area contributed by atoms with E-state index in [0.29, 0.717) is 0 Å². The van der Waals surface area contributed by atoms with Crippen LogP contribution in [0.5, 0.6) is 0 Å². The van der Waals surface area contributed by atoms with Gasteiger partial charge in [0.2, 0.25) is 0 Å². The smallest absolute Gasteiger partial charge is 0.0393 e. The third-order valence-electron chi connectivity index (χ3n) is 2.69. The lowest BCUT2D eigenvalue weighted by Gasteiger charge is -2.08. The first-order valence-electron chi connectivity index (χ1n) is 5.29. The van der Waals surface area contributed by atoms with Crippen molar-refractivity contribution in [2.24, 2.45) is 0 Å². The first-order valence-corrected chi connectivity index (χ1v) is 5.29. The summed E-state index contributed by atoms with van der Waals surface area (Å²) in [5.41, 5.74) is 14.8. The molecule has 2 nitrogen and oxygen atoms in total. The quantitative estimate of drug-likeness (QED) is 0.732. The maximum atomic E-state index is 5.98. The van der Waals surface area contributed by atoms with Gasteiger partial charge in [0.05, 0.1) is 0 Å². The maximum absolute atomic E-state index is 5.98. The zero-order valence-corrected chi connectivity index (χ0v) is 8.96. The lowest BCUT2D eigenvalue weighted by molar-refractivity contribution is 0.926. The third kappa shape index (κ3) is 1.75. The predicted molar refractivity (Wildman–Crippen MR) is 66.8 cm³/mol. The van der Waals surface area contributed by atoms with Crippen molar-refractivity contribution < 1.29 is 0 Å². The molecule has 0 saturated carbocycles. The van der Waals surface area contributed by atoms with E-state index in [1.807, 2.05) is 24.3 Å². The number of hydrogen-bond donors (Lipinski definition) is 2.